The van der Waals surface area contributed by atoms with E-state index < -0.39 is 5.97 Å². The molecular weight excluding hydrogens is 308 g/mol. The predicted octanol–water partition coefficient (Wildman–Crippen LogP) is 3.66. The van der Waals surface area contributed by atoms with Crippen molar-refractivity contribution in [2.24, 2.45) is 0 Å². The van der Waals surface area contributed by atoms with Crippen molar-refractivity contribution in [1.82, 2.24) is 0 Å². The van der Waals surface area contributed by atoms with E-state index in [-0.39, 0.29) is 23.7 Å². The van der Waals surface area contributed by atoms with E-state index >= 15 is 0 Å². The van der Waals surface area contributed by atoms with Gasteiger partial charge in [-0.1, -0.05) is 12.1 Å². The Labute approximate surface area is 140 Å². The van der Waals surface area contributed by atoms with Crippen LogP contribution < -0.4 is 4.74 Å². The van der Waals surface area contributed by atoms with Crippen molar-refractivity contribution < 1.29 is 24.2 Å². The smallest absolute Gasteiger partial charge is 0.342 e. The number of para-hydroxylation sites is 1. The number of ether oxygens (including phenoxy) is 2. The molecule has 0 aromatic heterocycles. The lowest BCUT2D eigenvalue weighted by molar-refractivity contribution is 0.0466. The number of hydrogen-bond donors (Lipinski definition) is 1. The summed E-state index contributed by atoms with van der Waals surface area (Å²) in [5, 5.41) is 9.95. The minimum absolute atomic E-state index is 0.0529. The third kappa shape index (κ3) is 3.93. The molecule has 0 bridgehead atoms. The molecule has 2 aromatic carbocycles. The first-order chi connectivity index (χ1) is 11.4. The molecule has 126 valence electrons. The number of Topliss-reactive ketones (excluding diaryl/α,β-unsaturated/α-hetero) is 1. The highest BCUT2D eigenvalue weighted by molar-refractivity contribution is 5.94. The van der Waals surface area contributed by atoms with Crippen LogP contribution in [0.2, 0.25) is 0 Å². The number of benzene rings is 2. The first-order valence-corrected chi connectivity index (χ1v) is 7.66. The molecule has 0 atom stereocenters. The van der Waals surface area contributed by atoms with Crippen molar-refractivity contribution in [2.75, 3.05) is 6.61 Å². The van der Waals surface area contributed by atoms with Gasteiger partial charge in [-0.15, -0.1) is 0 Å². The van der Waals surface area contributed by atoms with Gasteiger partial charge >= 0.3 is 5.97 Å². The number of ketones is 1. The van der Waals surface area contributed by atoms with Gasteiger partial charge in [-0.2, -0.15) is 0 Å². The lowest BCUT2D eigenvalue weighted by atomic mass is 10.1. The normalized spacial score (nSPS) is 10.3. The number of aromatic hydroxyl groups is 1. The summed E-state index contributed by atoms with van der Waals surface area (Å²) in [6, 6.07) is 9.89. The summed E-state index contributed by atoms with van der Waals surface area (Å²) in [5.41, 5.74) is 1.82. The largest absolute Gasteiger partial charge is 0.507 e. The van der Waals surface area contributed by atoms with Crippen molar-refractivity contribution in [3.63, 3.8) is 0 Å². The van der Waals surface area contributed by atoms with Crippen molar-refractivity contribution in [3.05, 3.63) is 58.7 Å². The van der Waals surface area contributed by atoms with E-state index in [4.69, 9.17) is 9.47 Å². The molecule has 5 nitrogen and oxygen atoms in total. The van der Waals surface area contributed by atoms with Crippen LogP contribution in [0.15, 0.2) is 36.4 Å². The highest BCUT2D eigenvalue weighted by Crippen LogP contribution is 2.25. The third-order valence-electron chi connectivity index (χ3n) is 3.58. The topological polar surface area (TPSA) is 72.8 Å². The van der Waals surface area contributed by atoms with Gasteiger partial charge in [0, 0.05) is 11.1 Å². The maximum Gasteiger partial charge on any atom is 0.342 e. The fourth-order valence-corrected chi connectivity index (χ4v) is 2.25. The molecule has 0 spiro atoms. The highest BCUT2D eigenvalue weighted by Gasteiger charge is 2.16. The summed E-state index contributed by atoms with van der Waals surface area (Å²) in [6.07, 6.45) is 0. The zero-order chi connectivity index (χ0) is 17.7. The van der Waals surface area contributed by atoms with Gasteiger partial charge in [-0.25, -0.2) is 4.79 Å². The quantitative estimate of drug-likeness (QED) is 0.647. The van der Waals surface area contributed by atoms with Gasteiger partial charge in [0.25, 0.3) is 0 Å². The molecule has 0 saturated carbocycles. The van der Waals surface area contributed by atoms with E-state index in [2.05, 4.69) is 0 Å². The summed E-state index contributed by atoms with van der Waals surface area (Å²) in [5.74, 6) is -0.248. The van der Waals surface area contributed by atoms with Crippen LogP contribution in [0.3, 0.4) is 0 Å². The molecule has 5 heteroatoms. The Hall–Kier alpha value is -2.82. The average Bonchev–Trinajstić information content (AvgIpc) is 2.56. The van der Waals surface area contributed by atoms with Gasteiger partial charge in [0.05, 0.1) is 6.61 Å². The zero-order valence-corrected chi connectivity index (χ0v) is 14.0. The molecule has 0 radical (unpaired) electrons. The molecule has 2 aromatic rings. The van der Waals surface area contributed by atoms with Crippen LogP contribution in [0, 0.1) is 6.92 Å². The van der Waals surface area contributed by atoms with Gasteiger partial charge in [-0.3, -0.25) is 4.79 Å². The minimum Gasteiger partial charge on any atom is -0.507 e. The first-order valence-electron chi connectivity index (χ1n) is 7.66. The Bertz CT molecular complexity index is 764. The molecule has 0 unspecified atom stereocenters. The van der Waals surface area contributed by atoms with E-state index in [0.29, 0.717) is 29.0 Å². The van der Waals surface area contributed by atoms with Crippen LogP contribution in [0.1, 0.15) is 45.7 Å². The number of carbonyl (C=O) groups is 2. The van der Waals surface area contributed by atoms with Crippen LogP contribution in [0.5, 0.6) is 11.5 Å². The molecular formula is C19H20O5. The average molecular weight is 328 g/mol. The standard InChI is InChI=1S/C19H20O5/c1-4-23-17-9-8-14(13(3)20)10-15(17)11-24-19(22)16-7-5-6-12(2)18(16)21/h5-10,21H,4,11H2,1-3H3. The van der Waals surface area contributed by atoms with Crippen molar-refractivity contribution in [1.29, 1.82) is 0 Å². The van der Waals surface area contributed by atoms with E-state index in [0.717, 1.165) is 0 Å². The van der Waals surface area contributed by atoms with E-state index in [1.165, 1.54) is 13.0 Å². The van der Waals surface area contributed by atoms with E-state index in [9.17, 15) is 14.7 Å². The monoisotopic (exact) mass is 328 g/mol. The van der Waals surface area contributed by atoms with E-state index in [1.807, 2.05) is 6.92 Å². The highest BCUT2D eigenvalue weighted by atomic mass is 16.5. The lowest BCUT2D eigenvalue weighted by Gasteiger charge is -2.12. The number of rotatable bonds is 6. The summed E-state index contributed by atoms with van der Waals surface area (Å²) in [7, 11) is 0. The fraction of sp³-hybridized carbons (Fsp3) is 0.263. The Morgan fingerprint density at radius 3 is 2.58 bits per heavy atom. The van der Waals surface area contributed by atoms with Crippen LogP contribution in [-0.2, 0) is 11.3 Å². The van der Waals surface area contributed by atoms with Gasteiger partial charge in [-0.05, 0) is 50.6 Å². The Morgan fingerprint density at radius 2 is 1.92 bits per heavy atom. The SMILES string of the molecule is CCOc1ccc(C(C)=O)cc1COC(=O)c1cccc(C)c1O. The maximum absolute atomic E-state index is 12.2. The molecule has 0 heterocycles. The second kappa shape index (κ2) is 7.64. The predicted molar refractivity (Wildman–Crippen MR) is 89.6 cm³/mol. The van der Waals surface area contributed by atoms with Gasteiger partial charge in [0.2, 0.25) is 0 Å². The van der Waals surface area contributed by atoms with Crippen LogP contribution in [0.25, 0.3) is 0 Å². The van der Waals surface area contributed by atoms with Crippen molar-refractivity contribution >= 4 is 11.8 Å². The molecule has 0 aliphatic carbocycles. The zero-order valence-electron chi connectivity index (χ0n) is 14.0. The van der Waals surface area contributed by atoms with Gasteiger partial charge in [0.1, 0.15) is 23.7 Å². The second-order valence-corrected chi connectivity index (χ2v) is 5.36. The molecule has 0 fully saturated rings. The van der Waals surface area contributed by atoms with Crippen LogP contribution in [0.4, 0.5) is 0 Å². The molecule has 0 amide bonds. The second-order valence-electron chi connectivity index (χ2n) is 5.36. The third-order valence-corrected chi connectivity index (χ3v) is 3.58. The number of carbonyl (C=O) groups excluding carboxylic acids is 2. The number of aryl methyl sites for hydroxylation is 1. The molecule has 1 N–H and O–H groups in total. The van der Waals surface area contributed by atoms with Crippen molar-refractivity contribution in [3.8, 4) is 11.5 Å². The molecule has 0 aliphatic rings. The summed E-state index contributed by atoms with van der Waals surface area (Å²) in [6.45, 7) is 5.42. The molecule has 0 aliphatic heterocycles. The summed E-state index contributed by atoms with van der Waals surface area (Å²) in [4.78, 5) is 23.7. The number of hydrogen-bond acceptors (Lipinski definition) is 5. The lowest BCUT2D eigenvalue weighted by Crippen LogP contribution is -2.08. The van der Waals surface area contributed by atoms with E-state index in [1.54, 1.807) is 37.3 Å². The maximum atomic E-state index is 12.2. The molecule has 2 rings (SSSR count). The van der Waals surface area contributed by atoms with Gasteiger partial charge < -0.3 is 14.6 Å². The summed E-state index contributed by atoms with van der Waals surface area (Å²) >= 11 is 0. The molecule has 0 saturated heterocycles. The summed E-state index contributed by atoms with van der Waals surface area (Å²) < 4.78 is 10.8. The Morgan fingerprint density at radius 1 is 1.17 bits per heavy atom. The van der Waals surface area contributed by atoms with Crippen LogP contribution in [-0.4, -0.2) is 23.5 Å². The van der Waals surface area contributed by atoms with Crippen LogP contribution >= 0.6 is 0 Å². The number of phenolic OH excluding ortho intramolecular Hbond substituents is 1. The Balaban J connectivity index is 2.21. The Kier molecular flexibility index (Phi) is 5.58. The van der Waals surface area contributed by atoms with Crippen molar-refractivity contribution in [2.45, 2.75) is 27.4 Å². The minimum atomic E-state index is -0.633. The van der Waals surface area contributed by atoms with Gasteiger partial charge in [0.15, 0.2) is 5.78 Å². The fourth-order valence-electron chi connectivity index (χ4n) is 2.25. The molecule has 24 heavy (non-hydrogen) atoms. The first kappa shape index (κ1) is 17.5. The number of phenols is 1. The number of esters is 1.